The van der Waals surface area contributed by atoms with Gasteiger partial charge in [0.1, 0.15) is 11.8 Å². The Balaban J connectivity index is 1.76. The van der Waals surface area contributed by atoms with Gasteiger partial charge < -0.3 is 15.0 Å². The Labute approximate surface area is 198 Å². The number of benzene rings is 2. The molecular weight excluding hydrogens is 412 g/mol. The third-order valence-corrected chi connectivity index (χ3v) is 6.35. The van der Waals surface area contributed by atoms with E-state index in [1.165, 1.54) is 0 Å². The molecule has 0 unspecified atom stereocenters. The van der Waals surface area contributed by atoms with Gasteiger partial charge in [0.15, 0.2) is 6.61 Å². The van der Waals surface area contributed by atoms with Crippen LogP contribution in [0.4, 0.5) is 0 Å². The highest BCUT2D eigenvalue weighted by Gasteiger charge is 2.29. The first-order valence-electron chi connectivity index (χ1n) is 12.0. The molecule has 178 valence electrons. The number of ether oxygens (including phenoxy) is 1. The molecule has 1 aliphatic rings. The first-order chi connectivity index (χ1) is 15.6. The summed E-state index contributed by atoms with van der Waals surface area (Å²) < 4.78 is 6.01. The Kier molecular flexibility index (Phi) is 8.17. The number of hydrogen-bond acceptors (Lipinski definition) is 3. The number of hydrogen-bond donors (Lipinski definition) is 1. The third-order valence-electron chi connectivity index (χ3n) is 6.35. The molecule has 0 bridgehead atoms. The molecule has 5 nitrogen and oxygen atoms in total. The van der Waals surface area contributed by atoms with E-state index in [-0.39, 0.29) is 29.9 Å². The molecule has 1 saturated carbocycles. The van der Waals surface area contributed by atoms with E-state index in [0.717, 1.165) is 42.4 Å². The number of rotatable bonds is 8. The quantitative estimate of drug-likeness (QED) is 0.605. The molecule has 0 heterocycles. The fraction of sp³-hybridized carbons (Fsp3) is 0.500. The summed E-state index contributed by atoms with van der Waals surface area (Å²) >= 11 is 0. The predicted molar refractivity (Wildman–Crippen MR) is 132 cm³/mol. The normalized spacial score (nSPS) is 15.2. The molecule has 3 rings (SSSR count). The van der Waals surface area contributed by atoms with Crippen LogP contribution in [0.1, 0.15) is 70.1 Å². The first-order valence-corrected chi connectivity index (χ1v) is 12.0. The molecule has 33 heavy (non-hydrogen) atoms. The van der Waals surface area contributed by atoms with Gasteiger partial charge in [0.2, 0.25) is 5.91 Å². The molecule has 0 aromatic heterocycles. The second-order valence-electron chi connectivity index (χ2n) is 10.2. The zero-order valence-corrected chi connectivity index (χ0v) is 20.7. The van der Waals surface area contributed by atoms with Crippen molar-refractivity contribution in [3.8, 4) is 5.75 Å². The lowest BCUT2D eigenvalue weighted by Gasteiger charge is -2.30. The average Bonchev–Trinajstić information content (AvgIpc) is 3.28. The summed E-state index contributed by atoms with van der Waals surface area (Å²) in [7, 11) is 0. The van der Waals surface area contributed by atoms with Crippen LogP contribution >= 0.6 is 0 Å². The van der Waals surface area contributed by atoms with Gasteiger partial charge in [-0.3, -0.25) is 9.59 Å². The van der Waals surface area contributed by atoms with Gasteiger partial charge in [0.05, 0.1) is 0 Å². The average molecular weight is 451 g/mol. The molecule has 1 N–H and O–H groups in total. The van der Waals surface area contributed by atoms with Crippen molar-refractivity contribution in [1.82, 2.24) is 10.2 Å². The zero-order chi connectivity index (χ0) is 24.0. The van der Waals surface area contributed by atoms with E-state index in [2.05, 4.69) is 32.2 Å². The maximum Gasteiger partial charge on any atom is 0.261 e. The maximum absolute atomic E-state index is 13.4. The summed E-state index contributed by atoms with van der Waals surface area (Å²) in [4.78, 5) is 28.0. The van der Waals surface area contributed by atoms with E-state index in [4.69, 9.17) is 4.74 Å². The molecule has 0 radical (unpaired) electrons. The molecule has 0 spiro atoms. The second-order valence-corrected chi connectivity index (χ2v) is 10.2. The Morgan fingerprint density at radius 2 is 1.79 bits per heavy atom. The van der Waals surface area contributed by atoms with Crippen LogP contribution in [0.15, 0.2) is 48.5 Å². The van der Waals surface area contributed by atoms with E-state index < -0.39 is 6.04 Å². The Hall–Kier alpha value is -2.82. The van der Waals surface area contributed by atoms with E-state index in [1.54, 1.807) is 11.8 Å². The van der Waals surface area contributed by atoms with E-state index in [0.29, 0.717) is 12.3 Å². The van der Waals surface area contributed by atoms with Crippen LogP contribution < -0.4 is 10.1 Å². The summed E-state index contributed by atoms with van der Waals surface area (Å²) in [6.45, 7) is 10.5. The van der Waals surface area contributed by atoms with Crippen molar-refractivity contribution in [2.24, 2.45) is 0 Å². The standard InChI is InChI=1S/C28H38N2O3/c1-20-11-10-12-22(17-20)18-30(21(2)27(32)29-23-13-6-7-14-23)26(31)19-33-25-16-9-8-15-24(25)28(3,4)5/h8-12,15-17,21,23H,6-7,13-14,18-19H2,1-5H3,(H,29,32)/t21-/m1/s1. The van der Waals surface area contributed by atoms with Gasteiger partial charge in [0.25, 0.3) is 5.91 Å². The number of carbonyl (C=O) groups excluding carboxylic acids is 2. The van der Waals surface area contributed by atoms with Crippen molar-refractivity contribution in [2.45, 2.75) is 84.3 Å². The fourth-order valence-corrected chi connectivity index (χ4v) is 4.42. The Bertz CT molecular complexity index is 958. The minimum absolute atomic E-state index is 0.0991. The second kappa shape index (κ2) is 10.9. The van der Waals surface area contributed by atoms with Crippen LogP contribution in [-0.2, 0) is 21.5 Å². The molecule has 0 saturated heterocycles. The lowest BCUT2D eigenvalue weighted by atomic mass is 9.86. The summed E-state index contributed by atoms with van der Waals surface area (Å²) in [5, 5.41) is 3.14. The molecule has 1 fully saturated rings. The van der Waals surface area contributed by atoms with Gasteiger partial charge in [-0.05, 0) is 49.3 Å². The first kappa shape index (κ1) is 24.8. The van der Waals surface area contributed by atoms with Gasteiger partial charge in [-0.15, -0.1) is 0 Å². The fourth-order valence-electron chi connectivity index (χ4n) is 4.42. The minimum Gasteiger partial charge on any atom is -0.483 e. The Morgan fingerprint density at radius 1 is 1.09 bits per heavy atom. The van der Waals surface area contributed by atoms with Gasteiger partial charge in [-0.2, -0.15) is 0 Å². The van der Waals surface area contributed by atoms with Crippen molar-refractivity contribution in [3.63, 3.8) is 0 Å². The predicted octanol–water partition coefficient (Wildman–Crippen LogP) is 5.15. The zero-order valence-electron chi connectivity index (χ0n) is 20.7. The summed E-state index contributed by atoms with van der Waals surface area (Å²) in [5.41, 5.74) is 3.07. The van der Waals surface area contributed by atoms with E-state index in [1.807, 2.05) is 49.4 Å². The maximum atomic E-state index is 13.4. The highest BCUT2D eigenvalue weighted by Crippen LogP contribution is 2.31. The van der Waals surface area contributed by atoms with E-state index >= 15 is 0 Å². The van der Waals surface area contributed by atoms with Gasteiger partial charge >= 0.3 is 0 Å². The summed E-state index contributed by atoms with van der Waals surface area (Å²) in [6, 6.07) is 15.5. The third kappa shape index (κ3) is 6.83. The SMILES string of the molecule is Cc1cccc(CN(C(=O)COc2ccccc2C(C)(C)C)[C@H](C)C(=O)NC2CCCC2)c1. The summed E-state index contributed by atoms with van der Waals surface area (Å²) in [5.74, 6) is 0.407. The Morgan fingerprint density at radius 3 is 2.45 bits per heavy atom. The molecule has 2 aromatic carbocycles. The van der Waals surface area contributed by atoms with Crippen molar-refractivity contribution >= 4 is 11.8 Å². The van der Waals surface area contributed by atoms with Crippen LogP contribution in [0.3, 0.4) is 0 Å². The van der Waals surface area contributed by atoms with Crippen molar-refractivity contribution in [3.05, 3.63) is 65.2 Å². The smallest absolute Gasteiger partial charge is 0.261 e. The number of amides is 2. The number of para-hydroxylation sites is 1. The molecule has 1 atom stereocenters. The number of carbonyl (C=O) groups is 2. The van der Waals surface area contributed by atoms with Crippen molar-refractivity contribution in [1.29, 1.82) is 0 Å². The van der Waals surface area contributed by atoms with Gasteiger partial charge in [0, 0.05) is 12.6 Å². The highest BCUT2D eigenvalue weighted by molar-refractivity contribution is 5.88. The number of aryl methyl sites for hydroxylation is 1. The topological polar surface area (TPSA) is 58.6 Å². The molecule has 1 aliphatic carbocycles. The lowest BCUT2D eigenvalue weighted by Crippen LogP contribution is -2.50. The highest BCUT2D eigenvalue weighted by atomic mass is 16.5. The summed E-state index contributed by atoms with van der Waals surface area (Å²) in [6.07, 6.45) is 4.31. The molecular formula is C28H38N2O3. The van der Waals surface area contributed by atoms with Crippen LogP contribution in [0.5, 0.6) is 5.75 Å². The van der Waals surface area contributed by atoms with Gasteiger partial charge in [-0.25, -0.2) is 0 Å². The largest absolute Gasteiger partial charge is 0.483 e. The minimum atomic E-state index is -0.583. The van der Waals surface area contributed by atoms with E-state index in [9.17, 15) is 9.59 Å². The van der Waals surface area contributed by atoms with Crippen LogP contribution in [0.25, 0.3) is 0 Å². The van der Waals surface area contributed by atoms with Crippen LogP contribution in [0, 0.1) is 6.92 Å². The van der Waals surface area contributed by atoms with Crippen LogP contribution in [0.2, 0.25) is 0 Å². The monoisotopic (exact) mass is 450 g/mol. The number of nitrogens with zero attached hydrogens (tertiary/aromatic N) is 1. The molecule has 5 heteroatoms. The number of nitrogens with one attached hydrogen (secondary N) is 1. The van der Waals surface area contributed by atoms with Crippen molar-refractivity contribution < 1.29 is 14.3 Å². The lowest BCUT2D eigenvalue weighted by molar-refractivity contribution is -0.142. The molecule has 2 amide bonds. The van der Waals surface area contributed by atoms with Crippen LogP contribution in [-0.4, -0.2) is 35.4 Å². The molecule has 0 aliphatic heterocycles. The molecule has 2 aromatic rings. The van der Waals surface area contributed by atoms with Crippen molar-refractivity contribution in [2.75, 3.05) is 6.61 Å². The van der Waals surface area contributed by atoms with Gasteiger partial charge in [-0.1, -0.05) is 81.6 Å².